The molecule has 0 spiro atoms. The maximum absolute atomic E-state index is 4.25. The first-order valence-corrected chi connectivity index (χ1v) is 7.65. The fraction of sp³-hybridized carbons (Fsp3) is 0.812. The summed E-state index contributed by atoms with van der Waals surface area (Å²) in [6, 6.07) is 0. The molecule has 3 atom stereocenters. The van der Waals surface area contributed by atoms with Gasteiger partial charge in [-0.25, -0.2) is 0 Å². The van der Waals surface area contributed by atoms with Crippen molar-refractivity contribution in [1.29, 1.82) is 0 Å². The van der Waals surface area contributed by atoms with Crippen LogP contribution in [0.4, 0.5) is 0 Å². The molecule has 0 aliphatic heterocycles. The number of aromatic nitrogens is 2. The molecule has 0 N–H and O–H groups in total. The Morgan fingerprint density at radius 2 is 1.67 bits per heavy atom. The Labute approximate surface area is 114 Å². The van der Waals surface area contributed by atoms with Crippen LogP contribution in [0.25, 0.3) is 0 Å². The van der Waals surface area contributed by atoms with Crippen molar-refractivity contribution in [2.45, 2.75) is 66.7 Å². The number of nitrogens with zero attached hydrogens (tertiary/aromatic N) is 2. The van der Waals surface area contributed by atoms with Crippen molar-refractivity contribution in [1.82, 2.24) is 9.78 Å². The fourth-order valence-electron chi connectivity index (χ4n) is 2.50. The summed E-state index contributed by atoms with van der Waals surface area (Å²) in [7, 11) is 2.00. The van der Waals surface area contributed by atoms with Gasteiger partial charge in [0.25, 0.3) is 0 Å². The average Bonchev–Trinajstić information content (AvgIpc) is 2.84. The van der Waals surface area contributed by atoms with Gasteiger partial charge in [0.2, 0.25) is 0 Å². The van der Waals surface area contributed by atoms with Gasteiger partial charge in [-0.15, -0.1) is 0 Å². The zero-order chi connectivity index (χ0) is 14.1. The van der Waals surface area contributed by atoms with E-state index < -0.39 is 0 Å². The van der Waals surface area contributed by atoms with Crippen molar-refractivity contribution in [3.8, 4) is 0 Å². The normalized spacial score (nSPS) is 26.5. The van der Waals surface area contributed by atoms with Crippen LogP contribution in [0.2, 0.25) is 0 Å². The highest BCUT2D eigenvalue weighted by Crippen LogP contribution is 2.38. The predicted molar refractivity (Wildman–Crippen MR) is 80.8 cm³/mol. The first-order valence-electron chi connectivity index (χ1n) is 7.65. The van der Waals surface area contributed by atoms with E-state index in [1.54, 1.807) is 0 Å². The lowest BCUT2D eigenvalue weighted by molar-refractivity contribution is 0.250. The van der Waals surface area contributed by atoms with Gasteiger partial charge < -0.3 is 0 Å². The van der Waals surface area contributed by atoms with E-state index in [1.165, 1.54) is 24.8 Å². The molecule has 1 saturated carbocycles. The number of aryl methyl sites for hydroxylation is 1. The van der Waals surface area contributed by atoms with E-state index in [1.807, 2.05) is 45.6 Å². The molecule has 0 saturated heterocycles. The molecule has 2 heteroatoms. The molecule has 1 aliphatic carbocycles. The van der Waals surface area contributed by atoms with E-state index in [4.69, 9.17) is 0 Å². The summed E-state index contributed by atoms with van der Waals surface area (Å²) in [5.41, 5.74) is 1.44. The minimum Gasteiger partial charge on any atom is -0.276 e. The van der Waals surface area contributed by atoms with Crippen molar-refractivity contribution >= 4 is 0 Å². The van der Waals surface area contributed by atoms with Crippen molar-refractivity contribution in [2.75, 3.05) is 0 Å². The average molecular weight is 252 g/mol. The van der Waals surface area contributed by atoms with Crippen LogP contribution in [-0.2, 0) is 7.05 Å². The second-order valence-electron chi connectivity index (χ2n) is 4.91. The van der Waals surface area contributed by atoms with Crippen molar-refractivity contribution in [3.63, 3.8) is 0 Å². The first kappa shape index (κ1) is 17.2. The van der Waals surface area contributed by atoms with Gasteiger partial charge in [0.05, 0.1) is 6.20 Å². The molecule has 1 aliphatic rings. The van der Waals surface area contributed by atoms with E-state index in [9.17, 15) is 0 Å². The molecule has 2 nitrogen and oxygen atoms in total. The lowest BCUT2D eigenvalue weighted by Crippen LogP contribution is -2.19. The summed E-state index contributed by atoms with van der Waals surface area (Å²) in [4.78, 5) is 0. The van der Waals surface area contributed by atoms with Crippen molar-refractivity contribution in [2.24, 2.45) is 18.9 Å². The van der Waals surface area contributed by atoms with Crippen LogP contribution in [0.5, 0.6) is 0 Å². The molecule has 1 heterocycles. The lowest BCUT2D eigenvalue weighted by Gasteiger charge is -2.31. The fourth-order valence-corrected chi connectivity index (χ4v) is 2.50. The highest BCUT2D eigenvalue weighted by Gasteiger charge is 2.25. The summed E-state index contributed by atoms with van der Waals surface area (Å²) in [6.07, 6.45) is 8.27. The summed E-state index contributed by atoms with van der Waals surface area (Å²) in [5.74, 6) is 2.53. The second kappa shape index (κ2) is 9.18. The molecule has 1 aromatic heterocycles. The molecule has 0 radical (unpaired) electrons. The van der Waals surface area contributed by atoms with Gasteiger partial charge in [-0.3, -0.25) is 4.68 Å². The number of rotatable bonds is 1. The SMILES string of the molecule is CC.CC.CC1CCC(c2cnn(C)c2)CC1C. The minimum atomic E-state index is 0.759. The van der Waals surface area contributed by atoms with E-state index in [0.29, 0.717) is 0 Å². The standard InChI is InChI=1S/C12H20N2.2C2H6/c1-9-4-5-11(6-10(9)2)12-7-13-14(3)8-12;2*1-2/h7-11H,4-6H2,1-3H3;2*1-2H3. The number of hydrogen-bond donors (Lipinski definition) is 0. The van der Waals surface area contributed by atoms with Gasteiger partial charge in [0.1, 0.15) is 0 Å². The minimum absolute atomic E-state index is 0.759. The van der Waals surface area contributed by atoms with Gasteiger partial charge in [-0.2, -0.15) is 5.10 Å². The molecule has 0 amide bonds. The monoisotopic (exact) mass is 252 g/mol. The number of hydrogen-bond acceptors (Lipinski definition) is 1. The van der Waals surface area contributed by atoms with E-state index >= 15 is 0 Å². The Kier molecular flexibility index (Phi) is 8.78. The summed E-state index contributed by atoms with van der Waals surface area (Å²) < 4.78 is 1.91. The Morgan fingerprint density at radius 1 is 1.06 bits per heavy atom. The quantitative estimate of drug-likeness (QED) is 0.687. The van der Waals surface area contributed by atoms with Crippen molar-refractivity contribution in [3.05, 3.63) is 18.0 Å². The zero-order valence-electron chi connectivity index (χ0n) is 13.4. The third kappa shape index (κ3) is 4.83. The highest BCUT2D eigenvalue weighted by molar-refractivity contribution is 5.12. The summed E-state index contributed by atoms with van der Waals surface area (Å²) in [5, 5.41) is 4.25. The van der Waals surface area contributed by atoms with Gasteiger partial charge in [0.15, 0.2) is 0 Å². The van der Waals surface area contributed by atoms with Gasteiger partial charge in [-0.05, 0) is 42.6 Å². The molecule has 3 unspecified atom stereocenters. The predicted octanol–water partition coefficient (Wildman–Crippen LogP) is 5.01. The Morgan fingerprint density at radius 3 is 2.11 bits per heavy atom. The van der Waals surface area contributed by atoms with Gasteiger partial charge >= 0.3 is 0 Å². The van der Waals surface area contributed by atoms with E-state index in [0.717, 1.165) is 17.8 Å². The molecule has 0 aromatic carbocycles. The maximum atomic E-state index is 4.25. The maximum Gasteiger partial charge on any atom is 0.0524 e. The Bertz CT molecular complexity index is 304. The molecule has 0 bridgehead atoms. The smallest absolute Gasteiger partial charge is 0.0524 e. The summed E-state index contributed by atoms with van der Waals surface area (Å²) in [6.45, 7) is 12.8. The van der Waals surface area contributed by atoms with Gasteiger partial charge in [-0.1, -0.05) is 41.5 Å². The highest BCUT2D eigenvalue weighted by atomic mass is 15.2. The largest absolute Gasteiger partial charge is 0.276 e. The van der Waals surface area contributed by atoms with Crippen LogP contribution in [0.15, 0.2) is 12.4 Å². The van der Waals surface area contributed by atoms with Gasteiger partial charge in [0, 0.05) is 13.2 Å². The lowest BCUT2D eigenvalue weighted by atomic mass is 9.74. The molecular weight excluding hydrogens is 220 g/mol. The first-order chi connectivity index (χ1) is 8.66. The molecule has 18 heavy (non-hydrogen) atoms. The zero-order valence-corrected chi connectivity index (χ0v) is 13.4. The molecule has 106 valence electrons. The summed E-state index contributed by atoms with van der Waals surface area (Å²) >= 11 is 0. The second-order valence-corrected chi connectivity index (χ2v) is 4.91. The topological polar surface area (TPSA) is 17.8 Å². The van der Waals surface area contributed by atoms with E-state index in [-0.39, 0.29) is 0 Å². The van der Waals surface area contributed by atoms with Crippen LogP contribution in [0.1, 0.15) is 72.3 Å². The van der Waals surface area contributed by atoms with Crippen molar-refractivity contribution < 1.29 is 0 Å². The van der Waals surface area contributed by atoms with Crippen LogP contribution in [0, 0.1) is 11.8 Å². The molecule has 1 aromatic rings. The van der Waals surface area contributed by atoms with Crippen LogP contribution >= 0.6 is 0 Å². The Balaban J connectivity index is 0.000000659. The molecular formula is C16H32N2. The Hall–Kier alpha value is -0.790. The van der Waals surface area contributed by atoms with E-state index in [2.05, 4.69) is 25.1 Å². The van der Waals surface area contributed by atoms with Crippen LogP contribution in [-0.4, -0.2) is 9.78 Å². The third-order valence-electron chi connectivity index (χ3n) is 3.79. The molecule has 2 rings (SSSR count). The third-order valence-corrected chi connectivity index (χ3v) is 3.79. The van der Waals surface area contributed by atoms with Crippen LogP contribution < -0.4 is 0 Å². The molecule has 1 fully saturated rings. The van der Waals surface area contributed by atoms with Crippen LogP contribution in [0.3, 0.4) is 0 Å².